The van der Waals surface area contributed by atoms with Gasteiger partial charge in [-0.15, -0.1) is 0 Å². The van der Waals surface area contributed by atoms with Crippen LogP contribution in [0, 0.1) is 0 Å². The Balaban J connectivity index is 2.31. The quantitative estimate of drug-likeness (QED) is 0.751. The highest BCUT2D eigenvalue weighted by molar-refractivity contribution is 6.30. The third-order valence-electron chi connectivity index (χ3n) is 2.17. The second-order valence-corrected chi connectivity index (χ2v) is 3.19. The Morgan fingerprint density at radius 3 is 2.56 bits per heavy atom. The summed E-state index contributed by atoms with van der Waals surface area (Å²) in [6.07, 6.45) is 0. The molecule has 1 saturated heterocycles. The lowest BCUT2D eigenvalue weighted by atomic mass is 10.3. The molecule has 8 nitrogen and oxygen atoms in total. The molecule has 0 unspecified atom stereocenters. The molecule has 0 saturated carbocycles. The van der Waals surface area contributed by atoms with Crippen LogP contribution in [0.1, 0.15) is 0 Å². The number of benzene rings is 1. The predicted octanol–water partition coefficient (Wildman–Crippen LogP) is -0.0552. The van der Waals surface area contributed by atoms with Crippen LogP contribution in [-0.2, 0) is 19.3 Å². The normalized spacial score (nSPS) is 14.9. The van der Waals surface area contributed by atoms with E-state index >= 15 is 0 Å². The zero-order valence-corrected chi connectivity index (χ0v) is 9.63. The van der Waals surface area contributed by atoms with Crippen LogP contribution < -0.4 is 20.2 Å². The Hall–Kier alpha value is -2.48. The predicted molar refractivity (Wildman–Crippen MR) is 57.3 cm³/mol. The van der Waals surface area contributed by atoms with Gasteiger partial charge in [-0.25, -0.2) is 9.59 Å². The van der Waals surface area contributed by atoms with Gasteiger partial charge in [-0.1, -0.05) is 5.17 Å². The topological polar surface area (TPSA) is 86.3 Å². The van der Waals surface area contributed by atoms with Crippen molar-refractivity contribution in [3.8, 4) is 11.5 Å². The van der Waals surface area contributed by atoms with Gasteiger partial charge in [-0.3, -0.25) is 0 Å². The number of ether oxygens (including phenoxy) is 2. The Kier molecular flexibility index (Phi) is 3.20. The fraction of sp³-hybridized carbons (Fsp3) is 0.200. The van der Waals surface area contributed by atoms with Crippen LogP contribution in [-0.4, -0.2) is 26.2 Å². The molecule has 1 N–H and O–H groups in total. The molecule has 8 heteroatoms. The highest BCUT2D eigenvalue weighted by Crippen LogP contribution is 2.32. The summed E-state index contributed by atoms with van der Waals surface area (Å²) < 4.78 is 10.1. The number of nitrogens with one attached hydrogen (secondary N) is 1. The molecule has 0 atom stereocenters. The molecule has 1 aromatic rings. The Morgan fingerprint density at radius 1 is 1.17 bits per heavy atom. The summed E-state index contributed by atoms with van der Waals surface area (Å²) in [6, 6.07) is 4.82. The highest BCUT2D eigenvalue weighted by atomic mass is 16.9. The minimum absolute atomic E-state index is 0.317. The van der Waals surface area contributed by atoms with Crippen molar-refractivity contribution in [3.05, 3.63) is 18.2 Å². The van der Waals surface area contributed by atoms with Crippen LogP contribution >= 0.6 is 0 Å². The van der Waals surface area contributed by atoms with Crippen molar-refractivity contribution in [3.63, 3.8) is 0 Å². The van der Waals surface area contributed by atoms with Crippen LogP contribution in [0.2, 0.25) is 0 Å². The van der Waals surface area contributed by atoms with Crippen LogP contribution in [0.5, 0.6) is 11.5 Å². The van der Waals surface area contributed by atoms with E-state index in [1.807, 2.05) is 0 Å². The largest absolute Gasteiger partial charge is 0.497 e. The molecule has 0 aliphatic carbocycles. The number of hydrogen-bond donors (Lipinski definition) is 1. The van der Waals surface area contributed by atoms with Crippen LogP contribution in [0.25, 0.3) is 0 Å². The van der Waals surface area contributed by atoms with E-state index in [4.69, 9.17) is 14.3 Å². The molecule has 0 aromatic heterocycles. The van der Waals surface area contributed by atoms with Gasteiger partial charge in [0.1, 0.15) is 17.2 Å². The van der Waals surface area contributed by atoms with Gasteiger partial charge >= 0.3 is 11.9 Å². The third-order valence-corrected chi connectivity index (χ3v) is 2.17. The molecule has 1 aliphatic heterocycles. The maximum atomic E-state index is 11.1. The monoisotopic (exact) mass is 254 g/mol. The maximum Gasteiger partial charge on any atom is 0.444 e. The van der Waals surface area contributed by atoms with Gasteiger partial charge < -0.3 is 19.1 Å². The van der Waals surface area contributed by atoms with E-state index in [2.05, 4.69) is 10.4 Å². The van der Waals surface area contributed by atoms with Crippen LogP contribution in [0.3, 0.4) is 0 Å². The molecule has 0 radical (unpaired) electrons. The summed E-state index contributed by atoms with van der Waals surface area (Å²) in [6.45, 7) is 0. The van der Waals surface area contributed by atoms with E-state index < -0.39 is 11.9 Å². The van der Waals surface area contributed by atoms with Crippen molar-refractivity contribution in [1.29, 1.82) is 0 Å². The lowest BCUT2D eigenvalue weighted by Crippen LogP contribution is -2.49. The molecular formula is C10H10N2O6. The third kappa shape index (κ3) is 2.13. The van der Waals surface area contributed by atoms with E-state index in [1.54, 1.807) is 12.1 Å². The summed E-state index contributed by atoms with van der Waals surface area (Å²) in [4.78, 5) is 31.0. The number of hydrazine groups is 1. The fourth-order valence-corrected chi connectivity index (χ4v) is 1.32. The number of rotatable bonds is 3. The van der Waals surface area contributed by atoms with Crippen molar-refractivity contribution < 1.29 is 28.7 Å². The van der Waals surface area contributed by atoms with E-state index in [-0.39, 0.29) is 0 Å². The van der Waals surface area contributed by atoms with E-state index in [9.17, 15) is 9.59 Å². The standard InChI is InChI=1S/C10H10N2O6/c1-15-6-3-4-8(16-2)7(5-6)12-11-17-9(13)10(14)18-12/h3-5,11H,1-2H3. The van der Waals surface area contributed by atoms with Crippen LogP contribution in [0.15, 0.2) is 18.2 Å². The molecule has 1 aliphatic rings. The van der Waals surface area contributed by atoms with Gasteiger partial charge in [0.25, 0.3) is 0 Å². The molecule has 0 spiro atoms. The van der Waals surface area contributed by atoms with Crippen molar-refractivity contribution in [2.45, 2.75) is 0 Å². The van der Waals surface area contributed by atoms with Crippen molar-refractivity contribution in [2.24, 2.45) is 0 Å². The minimum atomic E-state index is -1.14. The Bertz CT molecular complexity index is 489. The fourth-order valence-electron chi connectivity index (χ4n) is 1.32. The molecule has 1 aromatic carbocycles. The van der Waals surface area contributed by atoms with Gasteiger partial charge in [0.2, 0.25) is 0 Å². The van der Waals surface area contributed by atoms with E-state index in [0.717, 1.165) is 5.17 Å². The second-order valence-electron chi connectivity index (χ2n) is 3.19. The minimum Gasteiger partial charge on any atom is -0.497 e. The van der Waals surface area contributed by atoms with E-state index in [0.29, 0.717) is 17.2 Å². The SMILES string of the molecule is COc1ccc(OC)c(N2NOC(=O)C(=O)O2)c1. The van der Waals surface area contributed by atoms with Gasteiger partial charge in [-0.05, 0) is 17.7 Å². The first-order valence-corrected chi connectivity index (χ1v) is 4.86. The van der Waals surface area contributed by atoms with Gasteiger partial charge in [0.15, 0.2) is 0 Å². The van der Waals surface area contributed by atoms with Gasteiger partial charge in [0.05, 0.1) is 14.2 Å². The maximum absolute atomic E-state index is 11.1. The molecule has 1 heterocycles. The zero-order valence-electron chi connectivity index (χ0n) is 9.63. The summed E-state index contributed by atoms with van der Waals surface area (Å²) in [5.74, 6) is -1.36. The lowest BCUT2D eigenvalue weighted by molar-refractivity contribution is -0.192. The summed E-state index contributed by atoms with van der Waals surface area (Å²) in [5.41, 5.74) is 2.46. The zero-order chi connectivity index (χ0) is 13.1. The average molecular weight is 254 g/mol. The first-order chi connectivity index (χ1) is 8.65. The summed E-state index contributed by atoms with van der Waals surface area (Å²) in [7, 11) is 2.93. The smallest absolute Gasteiger partial charge is 0.444 e. The molecule has 18 heavy (non-hydrogen) atoms. The summed E-state index contributed by atoms with van der Waals surface area (Å²) in [5, 5.41) is 0.866. The van der Waals surface area contributed by atoms with Crippen molar-refractivity contribution in [1.82, 2.24) is 5.59 Å². The molecule has 0 bridgehead atoms. The number of hydrogen-bond acceptors (Lipinski definition) is 8. The van der Waals surface area contributed by atoms with Crippen molar-refractivity contribution >= 4 is 17.6 Å². The molecule has 0 amide bonds. The van der Waals surface area contributed by atoms with E-state index in [1.165, 1.54) is 20.3 Å². The Morgan fingerprint density at radius 2 is 1.94 bits per heavy atom. The first-order valence-electron chi connectivity index (χ1n) is 4.86. The molecule has 2 rings (SSSR count). The van der Waals surface area contributed by atoms with Crippen molar-refractivity contribution in [2.75, 3.05) is 19.4 Å². The van der Waals surface area contributed by atoms with Crippen LogP contribution in [0.4, 0.5) is 5.69 Å². The first kappa shape index (κ1) is 12.0. The molecule has 96 valence electrons. The average Bonchev–Trinajstić information content (AvgIpc) is 2.41. The number of nitrogens with zero attached hydrogens (tertiary/aromatic N) is 1. The number of anilines is 1. The molecule has 1 fully saturated rings. The van der Waals surface area contributed by atoms with Gasteiger partial charge in [0, 0.05) is 6.07 Å². The number of carbonyl (C=O) groups is 2. The number of methoxy groups -OCH3 is 2. The second kappa shape index (κ2) is 4.80. The Labute approximate surface area is 102 Å². The summed E-state index contributed by atoms with van der Waals surface area (Å²) >= 11 is 0. The van der Waals surface area contributed by atoms with Gasteiger partial charge in [-0.2, -0.15) is 0 Å². The lowest BCUT2D eigenvalue weighted by Gasteiger charge is -2.26. The highest BCUT2D eigenvalue weighted by Gasteiger charge is 2.30. The number of carbonyl (C=O) groups excluding carboxylic acids is 2. The molecular weight excluding hydrogens is 244 g/mol.